The molecule has 0 spiro atoms. The van der Waals surface area contributed by atoms with Gasteiger partial charge in [-0.05, 0) is 54.6 Å². The van der Waals surface area contributed by atoms with Gasteiger partial charge in [0.1, 0.15) is 17.5 Å². The summed E-state index contributed by atoms with van der Waals surface area (Å²) >= 11 is 0. The number of nitrogens with one attached hydrogen (secondary N) is 1. The summed E-state index contributed by atoms with van der Waals surface area (Å²) in [6.45, 7) is 0.589. The number of aromatic nitrogens is 10. The minimum Gasteiger partial charge on any atom is -0.362 e. The van der Waals surface area contributed by atoms with Gasteiger partial charge in [-0.15, -0.1) is 0 Å². The highest BCUT2D eigenvalue weighted by Gasteiger charge is 2.25. The third-order valence-corrected chi connectivity index (χ3v) is 8.77. The molecule has 242 valence electrons. The normalized spacial score (nSPS) is 12.3. The van der Waals surface area contributed by atoms with Crippen LogP contribution in [-0.2, 0) is 0 Å². The molecule has 0 aliphatic carbocycles. The summed E-state index contributed by atoms with van der Waals surface area (Å²) in [4.78, 5) is 38.7. The fourth-order valence-corrected chi connectivity index (χ4v) is 6.61. The molecule has 0 saturated carbocycles. The zero-order chi connectivity index (χ0) is 33.7. The quantitative estimate of drug-likeness (QED) is 0.197. The van der Waals surface area contributed by atoms with Gasteiger partial charge in [-0.2, -0.15) is 0 Å². The molecule has 6 heterocycles. The third kappa shape index (κ3) is 4.76. The van der Waals surface area contributed by atoms with Gasteiger partial charge in [-0.1, -0.05) is 54.6 Å². The maximum atomic E-state index is 5.15. The molecule has 5 aromatic heterocycles. The number of rotatable bonds is 6. The van der Waals surface area contributed by atoms with E-state index in [1.54, 1.807) is 24.8 Å². The number of imidazole rings is 3. The number of anilines is 1. The van der Waals surface area contributed by atoms with Gasteiger partial charge in [0.2, 0.25) is 0 Å². The van der Waals surface area contributed by atoms with Gasteiger partial charge in [0.25, 0.3) is 0 Å². The summed E-state index contributed by atoms with van der Waals surface area (Å²) < 4.78 is 6.15. The van der Waals surface area contributed by atoms with Gasteiger partial charge in [0.05, 0.1) is 6.54 Å². The van der Waals surface area contributed by atoms with Crippen LogP contribution in [-0.4, -0.2) is 61.3 Å². The van der Waals surface area contributed by atoms with E-state index in [-0.39, 0.29) is 0 Å². The summed E-state index contributed by atoms with van der Waals surface area (Å²) in [5, 5.41) is 3.41. The van der Waals surface area contributed by atoms with Crippen LogP contribution in [0.4, 0.5) is 11.6 Å². The average Bonchev–Trinajstić information content (AvgIpc) is 3.91. The summed E-state index contributed by atoms with van der Waals surface area (Å²) in [7, 11) is 0. The SMILES string of the molecule is C1=Nc2c(nc(-c3cc(-c4nc5nccnc5n4-c4ccccc4)cc(-c4nc5nccnc5n4-c4ccccc4)c3)n2-c2ccccc2)NC1. The van der Waals surface area contributed by atoms with Crippen molar-refractivity contribution in [3.8, 4) is 51.2 Å². The molecule has 0 bridgehead atoms. The Morgan fingerprint density at radius 2 is 0.902 bits per heavy atom. The Bertz CT molecular complexity index is 2610. The Labute approximate surface area is 290 Å². The van der Waals surface area contributed by atoms with Gasteiger partial charge in [0.15, 0.2) is 34.2 Å². The molecule has 10 rings (SSSR count). The lowest BCUT2D eigenvalue weighted by atomic mass is 10.0. The van der Waals surface area contributed by atoms with Crippen molar-refractivity contribution in [3.05, 3.63) is 134 Å². The van der Waals surface area contributed by atoms with E-state index in [2.05, 4.69) is 50.2 Å². The van der Waals surface area contributed by atoms with Gasteiger partial charge >= 0.3 is 0 Å². The second kappa shape index (κ2) is 11.7. The van der Waals surface area contributed by atoms with Crippen molar-refractivity contribution in [3.63, 3.8) is 0 Å². The van der Waals surface area contributed by atoms with Crippen LogP contribution in [0.3, 0.4) is 0 Å². The lowest BCUT2D eigenvalue weighted by Crippen LogP contribution is -2.07. The molecule has 12 heteroatoms. The standard InChI is InChI=1S/C39H26N12/c1-4-10-28(11-5-1)49-34(46-31-37(49)43-19-16-40-31)25-22-26(35-47-32-38(44-20-17-41-32)50(35)29-12-6-2-7-13-29)24-27(23-25)36-48-33-39(45-21-18-42-33)51(36)30-14-8-3-9-15-30/h1-17,19-24,42H,18H2. The van der Waals surface area contributed by atoms with E-state index < -0.39 is 0 Å². The molecule has 51 heavy (non-hydrogen) atoms. The zero-order valence-electron chi connectivity index (χ0n) is 26.9. The highest BCUT2D eigenvalue weighted by Crippen LogP contribution is 2.40. The van der Waals surface area contributed by atoms with E-state index >= 15 is 0 Å². The fraction of sp³-hybridized carbons (Fsp3) is 0.0256. The van der Waals surface area contributed by atoms with Crippen LogP contribution >= 0.6 is 0 Å². The largest absolute Gasteiger partial charge is 0.362 e. The number of nitrogens with zero attached hydrogens (tertiary/aromatic N) is 11. The number of aliphatic imine (C=N–C) groups is 1. The second-order valence-corrected chi connectivity index (χ2v) is 11.9. The van der Waals surface area contributed by atoms with E-state index in [1.165, 1.54) is 0 Å². The van der Waals surface area contributed by atoms with Crippen molar-refractivity contribution in [1.82, 2.24) is 48.6 Å². The minimum absolute atomic E-state index is 0.535. The summed E-state index contributed by atoms with van der Waals surface area (Å²) in [5.74, 6) is 3.48. The van der Waals surface area contributed by atoms with Gasteiger partial charge in [-0.3, -0.25) is 13.7 Å². The fourth-order valence-electron chi connectivity index (χ4n) is 6.61. The second-order valence-electron chi connectivity index (χ2n) is 11.9. The van der Waals surface area contributed by atoms with E-state index in [0.29, 0.717) is 52.4 Å². The molecule has 0 saturated heterocycles. The predicted octanol–water partition coefficient (Wildman–Crippen LogP) is 7.26. The van der Waals surface area contributed by atoms with Crippen LogP contribution in [0.25, 0.3) is 73.8 Å². The van der Waals surface area contributed by atoms with Gasteiger partial charge < -0.3 is 5.32 Å². The summed E-state index contributed by atoms with van der Waals surface area (Å²) in [5.41, 5.74) is 7.58. The smallest absolute Gasteiger partial charge is 0.198 e. The van der Waals surface area contributed by atoms with E-state index in [9.17, 15) is 0 Å². The first-order chi connectivity index (χ1) is 25.3. The molecule has 9 aromatic rings. The van der Waals surface area contributed by atoms with Crippen LogP contribution in [0.5, 0.6) is 0 Å². The molecule has 0 unspecified atom stereocenters. The maximum Gasteiger partial charge on any atom is 0.198 e. The molecule has 0 radical (unpaired) electrons. The molecule has 1 aliphatic rings. The topological polar surface area (TPSA) is 129 Å². The average molecular weight is 663 g/mol. The van der Waals surface area contributed by atoms with Crippen LogP contribution < -0.4 is 5.32 Å². The molecule has 0 atom stereocenters. The Balaban J connectivity index is 1.30. The Morgan fingerprint density at radius 1 is 0.471 bits per heavy atom. The Morgan fingerprint density at radius 3 is 1.39 bits per heavy atom. The van der Waals surface area contributed by atoms with Gasteiger partial charge in [-0.25, -0.2) is 39.9 Å². The van der Waals surface area contributed by atoms with E-state index in [0.717, 1.165) is 39.6 Å². The number of hydrogen-bond donors (Lipinski definition) is 1. The lowest BCUT2D eigenvalue weighted by molar-refractivity contribution is 1.05. The lowest BCUT2D eigenvalue weighted by Gasteiger charge is -2.15. The highest BCUT2D eigenvalue weighted by molar-refractivity contribution is 5.86. The molecule has 4 aromatic carbocycles. The minimum atomic E-state index is 0.535. The zero-order valence-corrected chi connectivity index (χ0v) is 26.9. The number of fused-ring (bicyclic) bond motifs is 3. The van der Waals surface area contributed by atoms with Crippen molar-refractivity contribution in [2.45, 2.75) is 0 Å². The van der Waals surface area contributed by atoms with Crippen molar-refractivity contribution >= 4 is 40.4 Å². The molecular formula is C39H26N12. The molecule has 0 amide bonds. The van der Waals surface area contributed by atoms with Crippen LogP contribution in [0.2, 0.25) is 0 Å². The summed E-state index contributed by atoms with van der Waals surface area (Å²) in [6.07, 6.45) is 8.55. The van der Waals surface area contributed by atoms with Crippen LogP contribution in [0.1, 0.15) is 0 Å². The number of para-hydroxylation sites is 3. The highest BCUT2D eigenvalue weighted by atomic mass is 15.2. The van der Waals surface area contributed by atoms with Crippen molar-refractivity contribution in [2.24, 2.45) is 4.99 Å². The number of benzene rings is 4. The van der Waals surface area contributed by atoms with Crippen molar-refractivity contribution in [1.29, 1.82) is 0 Å². The molecular weight excluding hydrogens is 637 g/mol. The third-order valence-electron chi connectivity index (χ3n) is 8.77. The summed E-state index contributed by atoms with van der Waals surface area (Å²) in [6, 6.07) is 36.6. The van der Waals surface area contributed by atoms with Crippen LogP contribution in [0, 0.1) is 0 Å². The monoisotopic (exact) mass is 662 g/mol. The van der Waals surface area contributed by atoms with Crippen LogP contribution in [0.15, 0.2) is 139 Å². The van der Waals surface area contributed by atoms with E-state index in [1.807, 2.05) is 94.2 Å². The van der Waals surface area contributed by atoms with Crippen molar-refractivity contribution in [2.75, 3.05) is 11.9 Å². The molecule has 1 N–H and O–H groups in total. The Kier molecular flexibility index (Phi) is 6.55. The predicted molar refractivity (Wildman–Crippen MR) is 197 cm³/mol. The Hall–Kier alpha value is -7.34. The molecule has 0 fully saturated rings. The first-order valence-corrected chi connectivity index (χ1v) is 16.4. The first-order valence-electron chi connectivity index (χ1n) is 16.4. The maximum absolute atomic E-state index is 5.15. The van der Waals surface area contributed by atoms with Crippen molar-refractivity contribution < 1.29 is 0 Å². The first kappa shape index (κ1) is 28.7. The number of hydrogen-bond acceptors (Lipinski definition) is 9. The molecule has 12 nitrogen and oxygen atoms in total. The van der Waals surface area contributed by atoms with Gasteiger partial charge in [0, 0.05) is 64.8 Å². The molecule has 1 aliphatic heterocycles. The van der Waals surface area contributed by atoms with E-state index in [4.69, 9.17) is 29.9 Å².